The first-order valence-corrected chi connectivity index (χ1v) is 13.3. The quantitative estimate of drug-likeness (QED) is 0.498. The van der Waals surface area contributed by atoms with Gasteiger partial charge in [-0.25, -0.2) is 9.67 Å². The number of rotatable bonds is 7. The summed E-state index contributed by atoms with van der Waals surface area (Å²) in [5, 5.41) is 8.35. The molecule has 2 unspecified atom stereocenters. The Labute approximate surface area is 216 Å². The number of nitrogen functional groups attached to an aromatic ring is 1. The van der Waals surface area contributed by atoms with Crippen LogP contribution in [0.2, 0.25) is 0 Å². The fourth-order valence-corrected chi connectivity index (χ4v) is 6.08. The zero-order valence-electron chi connectivity index (χ0n) is 21.1. The summed E-state index contributed by atoms with van der Waals surface area (Å²) in [5.41, 5.74) is 10.7. The first-order chi connectivity index (χ1) is 18.0. The van der Waals surface area contributed by atoms with Crippen molar-refractivity contribution < 1.29 is 9.59 Å². The van der Waals surface area contributed by atoms with Gasteiger partial charge in [-0.05, 0) is 54.4 Å². The van der Waals surface area contributed by atoms with Gasteiger partial charge in [-0.1, -0.05) is 35.5 Å². The van der Waals surface area contributed by atoms with Gasteiger partial charge in [0.25, 0.3) is 0 Å². The van der Waals surface area contributed by atoms with Crippen LogP contribution in [0.25, 0.3) is 0 Å². The van der Waals surface area contributed by atoms with Gasteiger partial charge in [-0.3, -0.25) is 14.5 Å². The Hall–Kier alpha value is -3.59. The Bertz CT molecular complexity index is 1300. The number of piperazine rings is 1. The van der Waals surface area contributed by atoms with E-state index in [1.54, 1.807) is 10.9 Å². The highest BCUT2D eigenvalue weighted by Gasteiger charge is 2.33. The Balaban J connectivity index is 1.02. The van der Waals surface area contributed by atoms with Crippen LogP contribution in [0.4, 0.5) is 5.82 Å². The standard InChI is InChI=1S/C28H33N7O2/c29-27-11-9-23-21(8-10-24(23)30-27)14-26(36)25-18-34(32-31-25)16-20-6-4-19(5-7-20)15-33-12-13-35-22(17-33)2-1-3-28(35)37/h4-7,9,11,18,21-22H,1-3,8,10,12-17H2,(H2,29,30). The van der Waals surface area contributed by atoms with Crippen molar-refractivity contribution in [3.8, 4) is 0 Å². The number of anilines is 1. The maximum atomic E-state index is 12.9. The van der Waals surface area contributed by atoms with E-state index in [1.165, 1.54) is 5.56 Å². The van der Waals surface area contributed by atoms with Crippen LogP contribution in [0.15, 0.2) is 42.6 Å². The van der Waals surface area contributed by atoms with Gasteiger partial charge < -0.3 is 10.6 Å². The fraction of sp³-hybridized carbons (Fsp3) is 0.464. The third-order valence-corrected chi connectivity index (χ3v) is 8.05. The number of carbonyl (C=O) groups is 2. The van der Waals surface area contributed by atoms with Gasteiger partial charge in [-0.15, -0.1) is 5.10 Å². The molecule has 6 rings (SSSR count). The lowest BCUT2D eigenvalue weighted by Crippen LogP contribution is -2.56. The highest BCUT2D eigenvalue weighted by Crippen LogP contribution is 2.35. The number of aromatic nitrogens is 4. The molecule has 192 valence electrons. The molecule has 1 amide bonds. The number of ketones is 1. The Kier molecular flexibility index (Phi) is 6.46. The Morgan fingerprint density at radius 1 is 1.00 bits per heavy atom. The summed E-state index contributed by atoms with van der Waals surface area (Å²) in [5.74, 6) is 1.03. The van der Waals surface area contributed by atoms with Gasteiger partial charge in [-0.2, -0.15) is 0 Å². The second-order valence-corrected chi connectivity index (χ2v) is 10.6. The van der Waals surface area contributed by atoms with Crippen LogP contribution in [0.5, 0.6) is 0 Å². The summed E-state index contributed by atoms with van der Waals surface area (Å²) in [7, 11) is 0. The van der Waals surface area contributed by atoms with E-state index in [-0.39, 0.29) is 11.7 Å². The van der Waals surface area contributed by atoms with E-state index in [9.17, 15) is 9.59 Å². The van der Waals surface area contributed by atoms with E-state index < -0.39 is 0 Å². The van der Waals surface area contributed by atoms with E-state index in [4.69, 9.17) is 5.73 Å². The summed E-state index contributed by atoms with van der Waals surface area (Å²) in [6.45, 7) is 4.19. The minimum Gasteiger partial charge on any atom is -0.384 e. The number of nitrogens with zero attached hydrogens (tertiary/aromatic N) is 6. The van der Waals surface area contributed by atoms with E-state index in [0.717, 1.165) is 68.7 Å². The maximum Gasteiger partial charge on any atom is 0.222 e. The number of fused-ring (bicyclic) bond motifs is 2. The van der Waals surface area contributed by atoms with Gasteiger partial charge >= 0.3 is 0 Å². The number of hydrogen-bond acceptors (Lipinski definition) is 7. The van der Waals surface area contributed by atoms with Crippen molar-refractivity contribution in [1.29, 1.82) is 0 Å². The topological polar surface area (TPSA) is 110 Å². The highest BCUT2D eigenvalue weighted by atomic mass is 16.2. The molecule has 4 heterocycles. The zero-order chi connectivity index (χ0) is 25.4. The van der Waals surface area contributed by atoms with Crippen LogP contribution in [0.3, 0.4) is 0 Å². The molecule has 9 nitrogen and oxygen atoms in total. The molecular formula is C28H33N7O2. The van der Waals surface area contributed by atoms with Crippen molar-refractivity contribution in [3.63, 3.8) is 0 Å². The summed E-state index contributed by atoms with van der Waals surface area (Å²) < 4.78 is 1.73. The molecule has 2 N–H and O–H groups in total. The van der Waals surface area contributed by atoms with Crippen molar-refractivity contribution in [2.75, 3.05) is 25.4 Å². The molecule has 0 saturated carbocycles. The van der Waals surface area contributed by atoms with Gasteiger partial charge in [0.05, 0.1) is 12.7 Å². The number of aryl methyl sites for hydroxylation is 1. The number of pyridine rings is 1. The van der Waals surface area contributed by atoms with Crippen LogP contribution in [-0.2, 0) is 24.3 Å². The van der Waals surface area contributed by atoms with Gasteiger partial charge in [0.15, 0.2) is 5.78 Å². The second-order valence-electron chi connectivity index (χ2n) is 10.6. The smallest absolute Gasteiger partial charge is 0.222 e. The summed E-state index contributed by atoms with van der Waals surface area (Å²) in [4.78, 5) is 34.0. The number of carbonyl (C=O) groups excluding carboxylic acids is 2. The lowest BCUT2D eigenvalue weighted by atomic mass is 9.95. The van der Waals surface area contributed by atoms with Crippen LogP contribution in [-0.4, -0.2) is 67.1 Å². The number of amides is 1. The molecule has 0 spiro atoms. The maximum absolute atomic E-state index is 12.9. The number of Topliss-reactive ketones (excluding diaryl/α,β-unsaturated/α-hetero) is 1. The lowest BCUT2D eigenvalue weighted by Gasteiger charge is -2.44. The first kappa shape index (κ1) is 23.8. The third-order valence-electron chi connectivity index (χ3n) is 8.05. The van der Waals surface area contributed by atoms with Crippen molar-refractivity contribution in [3.05, 3.63) is 70.7 Å². The van der Waals surface area contributed by atoms with E-state index in [2.05, 4.69) is 49.4 Å². The van der Waals surface area contributed by atoms with E-state index in [0.29, 0.717) is 42.8 Å². The third kappa shape index (κ3) is 5.13. The van der Waals surface area contributed by atoms with E-state index in [1.807, 2.05) is 12.1 Å². The summed E-state index contributed by atoms with van der Waals surface area (Å²) in [6.07, 6.45) is 6.77. The van der Waals surface area contributed by atoms with Crippen molar-refractivity contribution in [1.82, 2.24) is 29.8 Å². The predicted octanol–water partition coefficient (Wildman–Crippen LogP) is 2.80. The molecule has 3 aromatic rings. The molecule has 2 aliphatic heterocycles. The number of nitrogens with two attached hydrogens (primary N) is 1. The number of piperidine rings is 1. The average molecular weight is 500 g/mol. The molecule has 37 heavy (non-hydrogen) atoms. The number of benzene rings is 1. The SMILES string of the molecule is Nc1ccc2c(n1)CCC2CC(=O)c1cn(Cc2ccc(CN3CCN4C(=O)CCCC4C3)cc2)nn1. The lowest BCUT2D eigenvalue weighted by molar-refractivity contribution is -0.139. The van der Waals surface area contributed by atoms with Crippen LogP contribution >= 0.6 is 0 Å². The van der Waals surface area contributed by atoms with Crippen LogP contribution in [0, 0.1) is 0 Å². The number of hydrogen-bond donors (Lipinski definition) is 1. The molecule has 2 saturated heterocycles. The first-order valence-electron chi connectivity index (χ1n) is 13.3. The highest BCUT2D eigenvalue weighted by molar-refractivity contribution is 5.94. The van der Waals surface area contributed by atoms with Crippen LogP contribution < -0.4 is 5.73 Å². The van der Waals surface area contributed by atoms with Crippen molar-refractivity contribution in [2.24, 2.45) is 0 Å². The molecule has 9 heteroatoms. The Morgan fingerprint density at radius 2 is 1.81 bits per heavy atom. The summed E-state index contributed by atoms with van der Waals surface area (Å²) in [6, 6.07) is 12.7. The minimum atomic E-state index is 0.0102. The van der Waals surface area contributed by atoms with E-state index >= 15 is 0 Å². The average Bonchev–Trinajstić information content (AvgIpc) is 3.52. The predicted molar refractivity (Wildman–Crippen MR) is 139 cm³/mol. The van der Waals surface area contributed by atoms with Gasteiger partial charge in [0, 0.05) is 50.8 Å². The minimum absolute atomic E-state index is 0.0102. The molecule has 0 bridgehead atoms. The van der Waals surface area contributed by atoms with Gasteiger partial charge in [0.1, 0.15) is 11.5 Å². The zero-order valence-corrected chi connectivity index (χ0v) is 21.1. The Morgan fingerprint density at radius 3 is 2.65 bits per heavy atom. The molecule has 1 aromatic carbocycles. The molecular weight excluding hydrogens is 466 g/mol. The fourth-order valence-electron chi connectivity index (χ4n) is 6.08. The molecule has 2 aromatic heterocycles. The van der Waals surface area contributed by atoms with Crippen molar-refractivity contribution in [2.45, 2.75) is 63.6 Å². The van der Waals surface area contributed by atoms with Crippen LogP contribution in [0.1, 0.15) is 70.9 Å². The molecule has 1 aliphatic carbocycles. The molecule has 0 radical (unpaired) electrons. The molecule has 2 fully saturated rings. The van der Waals surface area contributed by atoms with Crippen molar-refractivity contribution >= 4 is 17.5 Å². The monoisotopic (exact) mass is 499 g/mol. The molecule has 2 atom stereocenters. The molecule has 3 aliphatic rings. The van der Waals surface area contributed by atoms with Gasteiger partial charge in [0.2, 0.25) is 5.91 Å². The second kappa shape index (κ2) is 10.0. The normalized spacial score (nSPS) is 21.6. The summed E-state index contributed by atoms with van der Waals surface area (Å²) >= 11 is 0. The largest absolute Gasteiger partial charge is 0.384 e.